The maximum absolute atomic E-state index is 13.4. The summed E-state index contributed by atoms with van der Waals surface area (Å²) in [5, 5.41) is 0. The fourth-order valence-electron chi connectivity index (χ4n) is 1.59. The van der Waals surface area contributed by atoms with Gasteiger partial charge in [0, 0.05) is 11.5 Å². The first-order valence-corrected chi connectivity index (χ1v) is 5.59. The minimum Gasteiger partial charge on any atom is -0.466 e. The molecular weight excluding hydrogens is 242 g/mol. The number of ether oxygens (including phenoxy) is 1. The molecule has 0 aliphatic rings. The molecule has 1 atom stereocenters. The molecule has 0 amide bonds. The van der Waals surface area contributed by atoms with Crippen molar-refractivity contribution >= 4 is 11.8 Å². The standard InChI is InChI=1S/C13H14F2O3/c1-3-18-12(17)7-11(16)8(2)13-9(14)5-4-6-10(13)15/h4-6,8H,3,7H2,1-2H3. The molecule has 5 heteroatoms. The van der Waals surface area contributed by atoms with Crippen LogP contribution < -0.4 is 0 Å². The van der Waals surface area contributed by atoms with Crippen LogP contribution in [0.1, 0.15) is 31.7 Å². The van der Waals surface area contributed by atoms with E-state index >= 15 is 0 Å². The molecule has 0 saturated heterocycles. The first-order valence-electron chi connectivity index (χ1n) is 5.59. The van der Waals surface area contributed by atoms with E-state index in [0.717, 1.165) is 12.1 Å². The maximum atomic E-state index is 13.4. The van der Waals surface area contributed by atoms with Gasteiger partial charge in [0.2, 0.25) is 0 Å². The summed E-state index contributed by atoms with van der Waals surface area (Å²) in [6, 6.07) is 3.37. The van der Waals surface area contributed by atoms with Crippen LogP contribution in [0.3, 0.4) is 0 Å². The van der Waals surface area contributed by atoms with Crippen molar-refractivity contribution in [2.45, 2.75) is 26.2 Å². The summed E-state index contributed by atoms with van der Waals surface area (Å²) in [6.45, 7) is 3.14. The van der Waals surface area contributed by atoms with E-state index in [2.05, 4.69) is 4.74 Å². The van der Waals surface area contributed by atoms with Crippen molar-refractivity contribution in [2.75, 3.05) is 6.61 Å². The van der Waals surface area contributed by atoms with E-state index in [-0.39, 0.29) is 12.2 Å². The van der Waals surface area contributed by atoms with Gasteiger partial charge in [-0.2, -0.15) is 0 Å². The number of Topliss-reactive ketones (excluding diaryl/α,β-unsaturated/α-hetero) is 1. The number of carbonyl (C=O) groups is 2. The number of rotatable bonds is 5. The minimum atomic E-state index is -1.02. The van der Waals surface area contributed by atoms with Gasteiger partial charge in [-0.1, -0.05) is 13.0 Å². The Morgan fingerprint density at radius 3 is 2.33 bits per heavy atom. The Bertz CT molecular complexity index is 437. The summed E-state index contributed by atoms with van der Waals surface area (Å²) in [4.78, 5) is 22.8. The number of benzene rings is 1. The number of halogens is 2. The topological polar surface area (TPSA) is 43.4 Å². The van der Waals surface area contributed by atoms with Crippen molar-refractivity contribution in [2.24, 2.45) is 0 Å². The molecule has 18 heavy (non-hydrogen) atoms. The van der Waals surface area contributed by atoms with Crippen molar-refractivity contribution in [1.82, 2.24) is 0 Å². The highest BCUT2D eigenvalue weighted by molar-refractivity contribution is 5.99. The number of ketones is 1. The van der Waals surface area contributed by atoms with Crippen LogP contribution in [0.5, 0.6) is 0 Å². The number of hydrogen-bond acceptors (Lipinski definition) is 3. The van der Waals surface area contributed by atoms with Gasteiger partial charge in [0.05, 0.1) is 6.61 Å². The Morgan fingerprint density at radius 1 is 1.28 bits per heavy atom. The van der Waals surface area contributed by atoms with Gasteiger partial charge in [0.25, 0.3) is 0 Å². The van der Waals surface area contributed by atoms with Crippen molar-refractivity contribution in [3.05, 3.63) is 35.4 Å². The van der Waals surface area contributed by atoms with Crippen LogP contribution in [0.2, 0.25) is 0 Å². The largest absolute Gasteiger partial charge is 0.466 e. The monoisotopic (exact) mass is 256 g/mol. The third-order valence-corrected chi connectivity index (χ3v) is 2.54. The Morgan fingerprint density at radius 2 is 1.83 bits per heavy atom. The zero-order valence-electron chi connectivity index (χ0n) is 10.2. The average molecular weight is 256 g/mol. The van der Waals surface area contributed by atoms with Gasteiger partial charge in [-0.3, -0.25) is 9.59 Å². The number of carbonyl (C=O) groups excluding carboxylic acids is 2. The zero-order chi connectivity index (χ0) is 13.7. The van der Waals surface area contributed by atoms with E-state index in [9.17, 15) is 18.4 Å². The number of esters is 1. The van der Waals surface area contributed by atoms with Gasteiger partial charge in [-0.05, 0) is 19.1 Å². The number of hydrogen-bond donors (Lipinski definition) is 0. The van der Waals surface area contributed by atoms with Crippen LogP contribution >= 0.6 is 0 Å². The fourth-order valence-corrected chi connectivity index (χ4v) is 1.59. The second-order valence-electron chi connectivity index (χ2n) is 3.81. The third kappa shape index (κ3) is 3.35. The second kappa shape index (κ2) is 6.23. The quantitative estimate of drug-likeness (QED) is 0.600. The Labute approximate surface area is 104 Å². The van der Waals surface area contributed by atoms with Gasteiger partial charge in [0.1, 0.15) is 18.1 Å². The van der Waals surface area contributed by atoms with Gasteiger partial charge in [0.15, 0.2) is 5.78 Å². The van der Waals surface area contributed by atoms with Crippen LogP contribution in [0.25, 0.3) is 0 Å². The van der Waals surface area contributed by atoms with Crippen molar-refractivity contribution < 1.29 is 23.1 Å². The van der Waals surface area contributed by atoms with Gasteiger partial charge >= 0.3 is 5.97 Å². The molecule has 0 bridgehead atoms. The molecule has 0 radical (unpaired) electrons. The summed E-state index contributed by atoms with van der Waals surface area (Å²) in [5.74, 6) is -3.86. The van der Waals surface area contributed by atoms with Crippen LogP contribution in [0, 0.1) is 11.6 Å². The highest BCUT2D eigenvalue weighted by Gasteiger charge is 2.24. The van der Waals surface area contributed by atoms with Crippen molar-refractivity contribution in [3.8, 4) is 0 Å². The van der Waals surface area contributed by atoms with E-state index in [1.165, 1.54) is 13.0 Å². The molecule has 98 valence electrons. The highest BCUT2D eigenvalue weighted by Crippen LogP contribution is 2.24. The summed E-state index contributed by atoms with van der Waals surface area (Å²) >= 11 is 0. The molecule has 1 aromatic rings. The SMILES string of the molecule is CCOC(=O)CC(=O)C(C)c1c(F)cccc1F. The van der Waals surface area contributed by atoms with E-state index in [1.807, 2.05) is 0 Å². The second-order valence-corrected chi connectivity index (χ2v) is 3.81. The third-order valence-electron chi connectivity index (χ3n) is 2.54. The molecule has 0 N–H and O–H groups in total. The molecule has 0 heterocycles. The fraction of sp³-hybridized carbons (Fsp3) is 0.385. The van der Waals surface area contributed by atoms with E-state index in [0.29, 0.717) is 0 Å². The summed E-state index contributed by atoms with van der Waals surface area (Å²) < 4.78 is 31.5. The molecule has 1 aromatic carbocycles. The lowest BCUT2D eigenvalue weighted by molar-refractivity contribution is -0.145. The molecule has 1 rings (SSSR count). The van der Waals surface area contributed by atoms with Crippen LogP contribution in [-0.2, 0) is 14.3 Å². The van der Waals surface area contributed by atoms with Crippen LogP contribution in [-0.4, -0.2) is 18.4 Å². The summed E-state index contributed by atoms with van der Waals surface area (Å²) in [5.41, 5.74) is -0.313. The molecule has 0 aliphatic carbocycles. The smallest absolute Gasteiger partial charge is 0.313 e. The van der Waals surface area contributed by atoms with Crippen LogP contribution in [0.4, 0.5) is 8.78 Å². The Hall–Kier alpha value is -1.78. The molecule has 0 aromatic heterocycles. The summed E-state index contributed by atoms with van der Waals surface area (Å²) in [6.07, 6.45) is -0.483. The molecule has 0 fully saturated rings. The highest BCUT2D eigenvalue weighted by atomic mass is 19.1. The molecule has 3 nitrogen and oxygen atoms in total. The average Bonchev–Trinajstić information content (AvgIpc) is 2.28. The maximum Gasteiger partial charge on any atom is 0.313 e. The Balaban J connectivity index is 2.84. The molecule has 1 unspecified atom stereocenters. The van der Waals surface area contributed by atoms with E-state index in [4.69, 9.17) is 0 Å². The van der Waals surface area contributed by atoms with Gasteiger partial charge < -0.3 is 4.74 Å². The van der Waals surface area contributed by atoms with Crippen LogP contribution in [0.15, 0.2) is 18.2 Å². The molecule has 0 spiro atoms. The zero-order valence-corrected chi connectivity index (χ0v) is 10.2. The normalized spacial score (nSPS) is 12.0. The minimum absolute atomic E-state index is 0.161. The first-order chi connectivity index (χ1) is 8.47. The van der Waals surface area contributed by atoms with Gasteiger partial charge in [-0.15, -0.1) is 0 Å². The van der Waals surface area contributed by atoms with E-state index in [1.54, 1.807) is 6.92 Å². The lowest BCUT2D eigenvalue weighted by Crippen LogP contribution is -2.18. The lowest BCUT2D eigenvalue weighted by Gasteiger charge is -2.12. The van der Waals surface area contributed by atoms with Crippen molar-refractivity contribution in [1.29, 1.82) is 0 Å². The van der Waals surface area contributed by atoms with Gasteiger partial charge in [-0.25, -0.2) is 8.78 Å². The van der Waals surface area contributed by atoms with Crippen molar-refractivity contribution in [3.63, 3.8) is 0 Å². The molecule has 0 aliphatic heterocycles. The molecular formula is C13H14F2O3. The first kappa shape index (κ1) is 14.3. The summed E-state index contributed by atoms with van der Waals surface area (Å²) in [7, 11) is 0. The lowest BCUT2D eigenvalue weighted by atomic mass is 9.94. The van der Waals surface area contributed by atoms with E-state index < -0.39 is 35.7 Å². The Kier molecular flexibility index (Phi) is 4.95. The predicted molar refractivity (Wildman–Crippen MR) is 61.0 cm³/mol. The predicted octanol–water partition coefficient (Wildman–Crippen LogP) is 2.59. The molecule has 0 saturated carbocycles.